The van der Waals surface area contributed by atoms with Crippen molar-refractivity contribution in [3.05, 3.63) is 0 Å². The minimum absolute atomic E-state index is 0.193. The molecule has 0 saturated carbocycles. The lowest BCUT2D eigenvalue weighted by Crippen LogP contribution is -2.48. The van der Waals surface area contributed by atoms with Crippen LogP contribution in [0.25, 0.3) is 0 Å². The van der Waals surface area contributed by atoms with Gasteiger partial charge in [0.25, 0.3) is 0 Å². The van der Waals surface area contributed by atoms with Crippen LogP contribution in [0.5, 0.6) is 0 Å². The van der Waals surface area contributed by atoms with Gasteiger partial charge in [-0.15, -0.1) is 11.6 Å². The number of rotatable bonds is 3. The summed E-state index contributed by atoms with van der Waals surface area (Å²) in [6, 6.07) is -0.355. The molecule has 1 atom stereocenters. The quantitative estimate of drug-likeness (QED) is 0.753. The van der Waals surface area contributed by atoms with Crippen molar-refractivity contribution in [1.29, 1.82) is 0 Å². The Morgan fingerprint density at radius 3 is 2.94 bits per heavy atom. The van der Waals surface area contributed by atoms with Gasteiger partial charge in [-0.1, -0.05) is 0 Å². The second kappa shape index (κ2) is 6.70. The van der Waals surface area contributed by atoms with Gasteiger partial charge in [0.15, 0.2) is 0 Å². The van der Waals surface area contributed by atoms with Crippen molar-refractivity contribution in [2.75, 3.05) is 32.7 Å². The number of nitrogens with one attached hydrogen (secondary N) is 1. The van der Waals surface area contributed by atoms with Gasteiger partial charge in [0, 0.05) is 26.1 Å². The van der Waals surface area contributed by atoms with E-state index in [-0.39, 0.29) is 11.9 Å². The molecule has 1 fully saturated rings. The molecule has 1 aliphatic heterocycles. The topological polar surface area (TPSA) is 58.6 Å². The third kappa shape index (κ3) is 3.98. The number of carbonyl (C=O) groups is 2. The standard InChI is InChI=1S/C10H17ClN2O3/c1-16-7-8-3-2-4-13(6-8)10(15)12-9(14)5-11/h8H,2-7H2,1H3,(H,12,14,15). The first-order chi connectivity index (χ1) is 7.67. The number of imide groups is 1. The molecular formula is C10H17ClN2O3. The van der Waals surface area contributed by atoms with Gasteiger partial charge in [-0.25, -0.2) is 4.79 Å². The van der Waals surface area contributed by atoms with E-state index < -0.39 is 5.91 Å². The highest BCUT2D eigenvalue weighted by Crippen LogP contribution is 2.16. The summed E-state index contributed by atoms with van der Waals surface area (Å²) in [6.45, 7) is 1.96. The molecule has 0 spiro atoms. The van der Waals surface area contributed by atoms with Gasteiger partial charge in [-0.05, 0) is 12.8 Å². The fraction of sp³-hybridized carbons (Fsp3) is 0.800. The number of ether oxygens (including phenoxy) is 1. The molecule has 1 rings (SSSR count). The van der Waals surface area contributed by atoms with Gasteiger partial charge in [-0.2, -0.15) is 0 Å². The zero-order valence-electron chi connectivity index (χ0n) is 9.37. The summed E-state index contributed by atoms with van der Waals surface area (Å²) >= 11 is 5.31. The lowest BCUT2D eigenvalue weighted by atomic mass is 9.99. The van der Waals surface area contributed by atoms with E-state index in [9.17, 15) is 9.59 Å². The Labute approximate surface area is 100 Å². The Hall–Kier alpha value is -0.810. The first kappa shape index (κ1) is 13.3. The number of hydrogen-bond acceptors (Lipinski definition) is 3. The van der Waals surface area contributed by atoms with Gasteiger partial charge in [0.05, 0.1) is 6.61 Å². The van der Waals surface area contributed by atoms with Crippen LogP contribution in [-0.4, -0.2) is 49.5 Å². The maximum Gasteiger partial charge on any atom is 0.324 e. The molecule has 0 aromatic heterocycles. The smallest absolute Gasteiger partial charge is 0.324 e. The number of nitrogens with zero attached hydrogens (tertiary/aromatic N) is 1. The number of carbonyl (C=O) groups excluding carboxylic acids is 2. The summed E-state index contributed by atoms with van der Waals surface area (Å²) in [5.74, 6) is -0.294. The van der Waals surface area contributed by atoms with Crippen LogP contribution in [0.1, 0.15) is 12.8 Å². The molecule has 1 N–H and O–H groups in total. The first-order valence-corrected chi connectivity index (χ1v) is 5.84. The summed E-state index contributed by atoms with van der Waals surface area (Å²) < 4.78 is 5.07. The van der Waals surface area contributed by atoms with Crippen LogP contribution in [0.3, 0.4) is 0 Å². The van der Waals surface area contributed by atoms with Crippen LogP contribution in [0.2, 0.25) is 0 Å². The first-order valence-electron chi connectivity index (χ1n) is 5.31. The molecule has 0 aliphatic carbocycles. The van der Waals surface area contributed by atoms with E-state index in [4.69, 9.17) is 16.3 Å². The molecule has 16 heavy (non-hydrogen) atoms. The maximum absolute atomic E-state index is 11.6. The minimum atomic E-state index is -0.458. The molecule has 5 nitrogen and oxygen atoms in total. The number of amides is 3. The van der Waals surface area contributed by atoms with E-state index >= 15 is 0 Å². The second-order valence-corrected chi connectivity index (χ2v) is 4.16. The van der Waals surface area contributed by atoms with Crippen LogP contribution >= 0.6 is 11.6 Å². The molecule has 3 amide bonds. The molecule has 1 saturated heterocycles. The lowest BCUT2D eigenvalue weighted by Gasteiger charge is -2.32. The number of piperidine rings is 1. The number of likely N-dealkylation sites (tertiary alicyclic amines) is 1. The molecule has 92 valence electrons. The van der Waals surface area contributed by atoms with E-state index in [1.807, 2.05) is 0 Å². The zero-order chi connectivity index (χ0) is 12.0. The fourth-order valence-corrected chi connectivity index (χ4v) is 1.92. The molecule has 1 unspecified atom stereocenters. The van der Waals surface area contributed by atoms with Crippen molar-refractivity contribution in [3.63, 3.8) is 0 Å². The molecule has 0 radical (unpaired) electrons. The number of hydrogen-bond donors (Lipinski definition) is 1. The average molecular weight is 249 g/mol. The van der Waals surface area contributed by atoms with Crippen molar-refractivity contribution in [2.45, 2.75) is 12.8 Å². The highest BCUT2D eigenvalue weighted by Gasteiger charge is 2.24. The fourth-order valence-electron chi connectivity index (χ4n) is 1.85. The SMILES string of the molecule is COCC1CCCN(C(=O)NC(=O)CCl)C1. The third-order valence-corrected chi connectivity index (χ3v) is 2.82. The van der Waals surface area contributed by atoms with Crippen LogP contribution in [0, 0.1) is 5.92 Å². The summed E-state index contributed by atoms with van der Waals surface area (Å²) in [7, 11) is 1.65. The molecular weight excluding hydrogens is 232 g/mol. The molecule has 0 aromatic carbocycles. The Bertz CT molecular complexity index is 258. The number of methoxy groups -OCH3 is 1. The van der Waals surface area contributed by atoms with Crippen LogP contribution < -0.4 is 5.32 Å². The Morgan fingerprint density at radius 1 is 1.56 bits per heavy atom. The van der Waals surface area contributed by atoms with Crippen molar-refractivity contribution < 1.29 is 14.3 Å². The highest BCUT2D eigenvalue weighted by molar-refractivity contribution is 6.28. The van der Waals surface area contributed by atoms with Crippen LogP contribution in [0.15, 0.2) is 0 Å². The molecule has 1 heterocycles. The Morgan fingerprint density at radius 2 is 2.31 bits per heavy atom. The molecule has 0 aromatic rings. The Balaban J connectivity index is 2.40. The van der Waals surface area contributed by atoms with Crippen molar-refractivity contribution in [2.24, 2.45) is 5.92 Å². The molecule has 1 aliphatic rings. The average Bonchev–Trinajstić information content (AvgIpc) is 2.29. The third-order valence-electron chi connectivity index (χ3n) is 2.58. The van der Waals surface area contributed by atoms with E-state index in [1.54, 1.807) is 12.0 Å². The maximum atomic E-state index is 11.6. The summed E-state index contributed by atoms with van der Waals surface area (Å²) in [6.07, 6.45) is 2.00. The zero-order valence-corrected chi connectivity index (χ0v) is 10.1. The van der Waals surface area contributed by atoms with Gasteiger partial charge < -0.3 is 9.64 Å². The van der Waals surface area contributed by atoms with Crippen molar-refractivity contribution >= 4 is 23.5 Å². The Kier molecular flexibility index (Phi) is 5.55. The minimum Gasteiger partial charge on any atom is -0.384 e. The second-order valence-electron chi connectivity index (χ2n) is 3.90. The summed E-state index contributed by atoms with van der Waals surface area (Å²) in [5.41, 5.74) is 0. The van der Waals surface area contributed by atoms with Gasteiger partial charge >= 0.3 is 6.03 Å². The van der Waals surface area contributed by atoms with Crippen molar-refractivity contribution in [1.82, 2.24) is 10.2 Å². The highest BCUT2D eigenvalue weighted by atomic mass is 35.5. The summed E-state index contributed by atoms with van der Waals surface area (Å²) in [4.78, 5) is 24.2. The predicted molar refractivity (Wildman–Crippen MR) is 60.4 cm³/mol. The largest absolute Gasteiger partial charge is 0.384 e. The number of halogens is 1. The monoisotopic (exact) mass is 248 g/mol. The lowest BCUT2D eigenvalue weighted by molar-refractivity contribution is -0.117. The van der Waals surface area contributed by atoms with Gasteiger partial charge in [0.2, 0.25) is 5.91 Å². The van der Waals surface area contributed by atoms with Crippen LogP contribution in [-0.2, 0) is 9.53 Å². The molecule has 0 bridgehead atoms. The predicted octanol–water partition coefficient (Wildman–Crippen LogP) is 0.820. The summed E-state index contributed by atoms with van der Waals surface area (Å²) in [5, 5.41) is 2.24. The van der Waals surface area contributed by atoms with E-state index in [1.165, 1.54) is 0 Å². The van der Waals surface area contributed by atoms with Gasteiger partial charge in [0.1, 0.15) is 5.88 Å². The number of alkyl halides is 1. The van der Waals surface area contributed by atoms with E-state index in [2.05, 4.69) is 5.32 Å². The number of urea groups is 1. The normalized spacial score (nSPS) is 20.6. The van der Waals surface area contributed by atoms with Crippen molar-refractivity contribution in [3.8, 4) is 0 Å². The molecule has 6 heteroatoms. The van der Waals surface area contributed by atoms with Crippen LogP contribution in [0.4, 0.5) is 4.79 Å². The van der Waals surface area contributed by atoms with E-state index in [0.29, 0.717) is 25.6 Å². The van der Waals surface area contributed by atoms with E-state index in [0.717, 1.165) is 12.8 Å². The van der Waals surface area contributed by atoms with Gasteiger partial charge in [-0.3, -0.25) is 10.1 Å².